The quantitative estimate of drug-likeness (QED) is 0.564. The average molecular weight is 202 g/mol. The molecule has 1 aromatic heterocycles. The fraction of sp³-hybridized carbons (Fsp3) is 0.0909. The number of carbonyl (C=O) groups is 1. The molecule has 1 aliphatic rings. The summed E-state index contributed by atoms with van der Waals surface area (Å²) in [6.45, 7) is 0.587. The maximum atomic E-state index is 13.5. The van der Waals surface area contributed by atoms with Crippen molar-refractivity contribution in [3.63, 3.8) is 0 Å². The first-order valence-corrected chi connectivity index (χ1v) is 4.59. The fourth-order valence-corrected chi connectivity index (χ4v) is 1.95. The van der Waals surface area contributed by atoms with Gasteiger partial charge in [0.15, 0.2) is 6.29 Å². The third kappa shape index (κ3) is 1.05. The summed E-state index contributed by atoms with van der Waals surface area (Å²) in [7, 11) is 0. The van der Waals surface area contributed by atoms with Crippen molar-refractivity contribution in [2.45, 2.75) is 6.54 Å². The van der Waals surface area contributed by atoms with E-state index in [1.165, 1.54) is 6.07 Å². The lowest BCUT2D eigenvalue weighted by molar-refractivity contribution is 0.111. The van der Waals surface area contributed by atoms with Gasteiger partial charge in [-0.2, -0.15) is 0 Å². The molecule has 3 rings (SSSR count). The minimum atomic E-state index is -0.283. The third-order valence-corrected chi connectivity index (χ3v) is 2.58. The largest absolute Gasteiger partial charge is 0.326 e. The van der Waals surface area contributed by atoms with Crippen molar-refractivity contribution >= 4 is 6.29 Å². The molecule has 74 valence electrons. The van der Waals surface area contributed by atoms with Crippen LogP contribution in [0.3, 0.4) is 0 Å². The zero-order valence-corrected chi connectivity index (χ0v) is 7.77. The molecule has 0 atom stereocenters. The van der Waals surface area contributed by atoms with Crippen LogP contribution in [-0.4, -0.2) is 15.8 Å². The van der Waals surface area contributed by atoms with Crippen LogP contribution >= 0.6 is 0 Å². The first kappa shape index (κ1) is 8.35. The van der Waals surface area contributed by atoms with E-state index < -0.39 is 0 Å². The molecule has 0 bridgehead atoms. The first-order chi connectivity index (χ1) is 7.29. The second-order valence-electron chi connectivity index (χ2n) is 3.51. The van der Waals surface area contributed by atoms with Crippen LogP contribution in [0.15, 0.2) is 24.4 Å². The van der Waals surface area contributed by atoms with Crippen LogP contribution in [0.1, 0.15) is 16.1 Å². The number of fused-ring (bicyclic) bond motifs is 3. The smallest absolute Gasteiger partial charge is 0.170 e. The van der Waals surface area contributed by atoms with E-state index in [1.807, 2.05) is 6.07 Å². The van der Waals surface area contributed by atoms with E-state index in [-0.39, 0.29) is 5.82 Å². The Hall–Kier alpha value is -1.97. The van der Waals surface area contributed by atoms with Crippen molar-refractivity contribution in [3.05, 3.63) is 41.5 Å². The predicted molar refractivity (Wildman–Crippen MR) is 52.1 cm³/mol. The molecule has 0 spiro atoms. The van der Waals surface area contributed by atoms with Crippen molar-refractivity contribution in [2.24, 2.45) is 0 Å². The van der Waals surface area contributed by atoms with Gasteiger partial charge in [0, 0.05) is 12.7 Å². The number of halogens is 1. The van der Waals surface area contributed by atoms with Gasteiger partial charge in [0.25, 0.3) is 0 Å². The van der Waals surface area contributed by atoms with Crippen LogP contribution in [-0.2, 0) is 6.54 Å². The molecule has 0 saturated heterocycles. The van der Waals surface area contributed by atoms with Gasteiger partial charge < -0.3 is 4.57 Å². The van der Waals surface area contributed by atoms with Crippen LogP contribution < -0.4 is 0 Å². The zero-order chi connectivity index (χ0) is 10.4. The van der Waals surface area contributed by atoms with E-state index in [4.69, 9.17) is 0 Å². The second-order valence-corrected chi connectivity index (χ2v) is 3.51. The highest BCUT2D eigenvalue weighted by molar-refractivity contribution is 5.75. The summed E-state index contributed by atoms with van der Waals surface area (Å²) in [5.74, 6) is 0.263. The number of hydrogen-bond donors (Lipinski definition) is 0. The van der Waals surface area contributed by atoms with Crippen molar-refractivity contribution < 1.29 is 9.18 Å². The van der Waals surface area contributed by atoms with Crippen LogP contribution in [0.2, 0.25) is 0 Å². The molecule has 0 N–H and O–H groups in total. The molecule has 1 aliphatic heterocycles. The number of rotatable bonds is 1. The number of aromatic nitrogens is 2. The van der Waals surface area contributed by atoms with E-state index in [2.05, 4.69) is 4.98 Å². The zero-order valence-electron chi connectivity index (χ0n) is 7.77. The number of aldehydes is 1. The van der Waals surface area contributed by atoms with Crippen LogP contribution in [0.25, 0.3) is 11.4 Å². The maximum absolute atomic E-state index is 13.5. The van der Waals surface area contributed by atoms with Crippen LogP contribution in [0.4, 0.5) is 4.39 Å². The van der Waals surface area contributed by atoms with Crippen molar-refractivity contribution in [1.29, 1.82) is 0 Å². The third-order valence-electron chi connectivity index (χ3n) is 2.58. The van der Waals surface area contributed by atoms with Gasteiger partial charge in [0.05, 0.1) is 5.56 Å². The second kappa shape index (κ2) is 2.76. The molecule has 15 heavy (non-hydrogen) atoms. The lowest BCUT2D eigenvalue weighted by Crippen LogP contribution is -1.89. The summed E-state index contributed by atoms with van der Waals surface area (Å²) in [6, 6.07) is 4.96. The highest BCUT2D eigenvalue weighted by atomic mass is 19.1. The van der Waals surface area contributed by atoms with Gasteiger partial charge in [0.2, 0.25) is 0 Å². The highest BCUT2D eigenvalue weighted by Gasteiger charge is 2.23. The Labute approximate surface area is 85.2 Å². The molecule has 4 heteroatoms. The van der Waals surface area contributed by atoms with Gasteiger partial charge in [-0.1, -0.05) is 12.1 Å². The molecule has 2 heterocycles. The molecular weight excluding hydrogens is 195 g/mol. The van der Waals surface area contributed by atoms with Gasteiger partial charge in [-0.25, -0.2) is 9.37 Å². The van der Waals surface area contributed by atoms with Gasteiger partial charge in [-0.05, 0) is 11.6 Å². The molecule has 0 amide bonds. The van der Waals surface area contributed by atoms with Crippen molar-refractivity contribution in [3.8, 4) is 11.4 Å². The SMILES string of the molecule is O=Cc1cn2c(n1)-c1c(F)cccc1C2. The lowest BCUT2D eigenvalue weighted by Gasteiger charge is -1.97. The number of benzene rings is 1. The molecule has 0 unspecified atom stereocenters. The molecular formula is C11H7FN2O. The van der Waals surface area contributed by atoms with E-state index in [9.17, 15) is 9.18 Å². The number of imidazole rings is 1. The number of carbonyl (C=O) groups excluding carboxylic acids is 1. The minimum Gasteiger partial charge on any atom is -0.326 e. The monoisotopic (exact) mass is 202 g/mol. The predicted octanol–water partition coefficient (Wildman–Crippen LogP) is 1.86. The van der Waals surface area contributed by atoms with E-state index in [0.29, 0.717) is 29.9 Å². The Morgan fingerprint density at radius 3 is 3.13 bits per heavy atom. The van der Waals surface area contributed by atoms with Crippen LogP contribution in [0, 0.1) is 5.82 Å². The lowest BCUT2D eigenvalue weighted by atomic mass is 10.1. The Morgan fingerprint density at radius 2 is 2.33 bits per heavy atom. The first-order valence-electron chi connectivity index (χ1n) is 4.59. The molecule has 0 radical (unpaired) electrons. The van der Waals surface area contributed by atoms with Gasteiger partial charge in [-0.15, -0.1) is 0 Å². The van der Waals surface area contributed by atoms with E-state index in [1.54, 1.807) is 16.8 Å². The minimum absolute atomic E-state index is 0.283. The Balaban J connectivity index is 2.28. The molecule has 0 aliphatic carbocycles. The van der Waals surface area contributed by atoms with Crippen molar-refractivity contribution in [1.82, 2.24) is 9.55 Å². The normalized spacial score (nSPS) is 12.3. The molecule has 0 fully saturated rings. The highest BCUT2D eigenvalue weighted by Crippen LogP contribution is 2.32. The Kier molecular flexibility index (Phi) is 1.54. The van der Waals surface area contributed by atoms with Gasteiger partial charge in [0.1, 0.15) is 17.3 Å². The standard InChI is InChI=1S/C11H7FN2O/c12-9-3-1-2-7-4-14-5-8(6-15)13-11(14)10(7)9/h1-3,5-6H,4H2. The Morgan fingerprint density at radius 1 is 1.47 bits per heavy atom. The summed E-state index contributed by atoms with van der Waals surface area (Å²) in [5.41, 5.74) is 1.78. The fourth-order valence-electron chi connectivity index (χ4n) is 1.95. The number of nitrogens with zero attached hydrogens (tertiary/aromatic N) is 2. The summed E-state index contributed by atoms with van der Waals surface area (Å²) in [6.07, 6.45) is 2.31. The van der Waals surface area contributed by atoms with Crippen molar-refractivity contribution in [2.75, 3.05) is 0 Å². The molecule has 2 aromatic rings. The molecule has 0 saturated carbocycles. The summed E-state index contributed by atoms with van der Waals surface area (Å²) >= 11 is 0. The summed E-state index contributed by atoms with van der Waals surface area (Å²) < 4.78 is 15.3. The average Bonchev–Trinajstić information content (AvgIpc) is 2.73. The summed E-state index contributed by atoms with van der Waals surface area (Å²) in [4.78, 5) is 14.6. The summed E-state index contributed by atoms with van der Waals surface area (Å²) in [5, 5.41) is 0. The van der Waals surface area contributed by atoms with Gasteiger partial charge in [-0.3, -0.25) is 4.79 Å². The molecule has 3 nitrogen and oxygen atoms in total. The number of hydrogen-bond acceptors (Lipinski definition) is 2. The molecule has 1 aromatic carbocycles. The van der Waals surface area contributed by atoms with E-state index >= 15 is 0 Å². The topological polar surface area (TPSA) is 34.9 Å². The maximum Gasteiger partial charge on any atom is 0.170 e. The van der Waals surface area contributed by atoms with E-state index in [0.717, 1.165) is 5.56 Å². The van der Waals surface area contributed by atoms with Crippen LogP contribution in [0.5, 0.6) is 0 Å². The Bertz CT molecular complexity index is 560. The van der Waals surface area contributed by atoms with Gasteiger partial charge >= 0.3 is 0 Å².